The van der Waals surface area contributed by atoms with Crippen LogP contribution in [-0.2, 0) is 30.9 Å². The minimum absolute atomic E-state index is 0.117. The van der Waals surface area contributed by atoms with Crippen LogP contribution in [0.2, 0.25) is 0 Å². The summed E-state index contributed by atoms with van der Waals surface area (Å²) in [4.78, 5) is 25.4. The number of carbonyl (C=O) groups is 2. The van der Waals surface area contributed by atoms with Gasteiger partial charge in [0.2, 0.25) is 10.0 Å². The minimum Gasteiger partial charge on any atom is -0.360 e. The number of aryl methyl sites for hydroxylation is 3. The Balaban J connectivity index is 1.68. The van der Waals surface area contributed by atoms with E-state index in [1.807, 2.05) is 36.6 Å². The molecule has 3 rings (SSSR count). The average Bonchev–Trinajstić information content (AvgIpc) is 3.23. The first-order valence-corrected chi connectivity index (χ1v) is 12.3. The molecule has 0 spiro atoms. The standard InChI is InChI=1S/C21H27N3O5S2/c1-14-10-15(2)19(16(3)11-14)31(27,28)24-7-5-8-29-18(24)13-23-21(26)20(25)22-12-17-6-4-9-30-17/h4,6,9-11,18H,5,7-8,12-13H2,1-3H3,(H,22,25)(H,23,26)/t18-/m0/s1. The van der Waals surface area contributed by atoms with Crippen molar-refractivity contribution in [3.8, 4) is 0 Å². The van der Waals surface area contributed by atoms with Crippen molar-refractivity contribution < 1.29 is 22.7 Å². The van der Waals surface area contributed by atoms with Gasteiger partial charge in [0.25, 0.3) is 0 Å². The highest BCUT2D eigenvalue weighted by Crippen LogP contribution is 2.28. The number of nitrogens with one attached hydrogen (secondary N) is 2. The highest BCUT2D eigenvalue weighted by atomic mass is 32.2. The number of nitrogens with zero attached hydrogens (tertiary/aromatic N) is 1. The molecule has 2 aromatic rings. The second kappa shape index (κ2) is 9.90. The van der Waals surface area contributed by atoms with Crippen molar-refractivity contribution in [2.45, 2.75) is 44.9 Å². The van der Waals surface area contributed by atoms with Gasteiger partial charge in [0, 0.05) is 11.4 Å². The van der Waals surface area contributed by atoms with Crippen LogP contribution in [0.5, 0.6) is 0 Å². The first-order valence-electron chi connectivity index (χ1n) is 10.00. The van der Waals surface area contributed by atoms with E-state index in [0.29, 0.717) is 24.2 Å². The Morgan fingerprint density at radius 1 is 1.16 bits per heavy atom. The second-order valence-electron chi connectivity index (χ2n) is 7.49. The van der Waals surface area contributed by atoms with Crippen molar-refractivity contribution in [1.82, 2.24) is 14.9 Å². The molecule has 1 saturated heterocycles. The van der Waals surface area contributed by atoms with Gasteiger partial charge in [-0.05, 0) is 49.8 Å². The van der Waals surface area contributed by atoms with Crippen molar-refractivity contribution >= 4 is 33.2 Å². The lowest BCUT2D eigenvalue weighted by molar-refractivity contribution is -0.140. The Morgan fingerprint density at radius 3 is 2.48 bits per heavy atom. The van der Waals surface area contributed by atoms with Crippen LogP contribution in [0.3, 0.4) is 0 Å². The largest absolute Gasteiger partial charge is 0.360 e. The van der Waals surface area contributed by atoms with Gasteiger partial charge in [0.1, 0.15) is 6.23 Å². The first kappa shape index (κ1) is 23.4. The lowest BCUT2D eigenvalue weighted by atomic mass is 10.1. The highest BCUT2D eigenvalue weighted by Gasteiger charge is 2.36. The van der Waals surface area contributed by atoms with Crippen LogP contribution in [0.25, 0.3) is 0 Å². The second-order valence-corrected chi connectivity index (χ2v) is 10.4. The highest BCUT2D eigenvalue weighted by molar-refractivity contribution is 7.89. The maximum atomic E-state index is 13.4. The zero-order chi connectivity index (χ0) is 22.6. The summed E-state index contributed by atoms with van der Waals surface area (Å²) < 4.78 is 33.8. The summed E-state index contributed by atoms with van der Waals surface area (Å²) in [7, 11) is -3.84. The number of thiophene rings is 1. The van der Waals surface area contributed by atoms with Crippen LogP contribution in [0.1, 0.15) is 28.0 Å². The summed E-state index contributed by atoms with van der Waals surface area (Å²) in [6, 6.07) is 7.38. The number of hydrogen-bond donors (Lipinski definition) is 2. The molecule has 168 valence electrons. The number of ether oxygens (including phenoxy) is 1. The Hall–Kier alpha value is -2.27. The smallest absolute Gasteiger partial charge is 0.309 e. The lowest BCUT2D eigenvalue weighted by Gasteiger charge is -2.35. The fraction of sp³-hybridized carbons (Fsp3) is 0.429. The summed E-state index contributed by atoms with van der Waals surface area (Å²) in [5.41, 5.74) is 2.32. The Morgan fingerprint density at radius 2 is 1.84 bits per heavy atom. The fourth-order valence-electron chi connectivity index (χ4n) is 3.71. The quantitative estimate of drug-likeness (QED) is 0.634. The van der Waals surface area contributed by atoms with Crippen LogP contribution in [0.15, 0.2) is 34.5 Å². The van der Waals surface area contributed by atoms with E-state index in [1.54, 1.807) is 13.8 Å². The van der Waals surface area contributed by atoms with E-state index in [-0.39, 0.29) is 24.5 Å². The molecule has 2 heterocycles. The van der Waals surface area contributed by atoms with Gasteiger partial charge in [-0.1, -0.05) is 23.8 Å². The molecule has 1 aromatic carbocycles. The SMILES string of the molecule is Cc1cc(C)c(S(=O)(=O)N2CCCO[C@H]2CNC(=O)C(=O)NCc2cccs2)c(C)c1. The van der Waals surface area contributed by atoms with E-state index >= 15 is 0 Å². The molecule has 0 saturated carbocycles. The van der Waals surface area contributed by atoms with Gasteiger partial charge in [-0.15, -0.1) is 11.3 Å². The summed E-state index contributed by atoms with van der Waals surface area (Å²) in [6.07, 6.45) is -0.331. The predicted molar refractivity (Wildman–Crippen MR) is 118 cm³/mol. The molecular weight excluding hydrogens is 438 g/mol. The third kappa shape index (κ3) is 5.51. The van der Waals surface area contributed by atoms with Gasteiger partial charge in [-0.2, -0.15) is 4.31 Å². The van der Waals surface area contributed by atoms with Crippen molar-refractivity contribution in [2.24, 2.45) is 0 Å². The molecule has 0 bridgehead atoms. The maximum Gasteiger partial charge on any atom is 0.309 e. The van der Waals surface area contributed by atoms with E-state index in [4.69, 9.17) is 4.74 Å². The van der Waals surface area contributed by atoms with Crippen molar-refractivity contribution in [3.63, 3.8) is 0 Å². The van der Waals surface area contributed by atoms with E-state index in [9.17, 15) is 18.0 Å². The molecule has 1 fully saturated rings. The zero-order valence-electron chi connectivity index (χ0n) is 17.8. The summed E-state index contributed by atoms with van der Waals surface area (Å²) >= 11 is 1.48. The minimum atomic E-state index is -3.84. The first-order chi connectivity index (χ1) is 14.7. The van der Waals surface area contributed by atoms with Crippen molar-refractivity contribution in [1.29, 1.82) is 0 Å². The number of hydrogen-bond acceptors (Lipinski definition) is 6. The van der Waals surface area contributed by atoms with Crippen molar-refractivity contribution in [3.05, 3.63) is 51.2 Å². The molecule has 10 heteroatoms. The van der Waals surface area contributed by atoms with Gasteiger partial charge in [-0.25, -0.2) is 8.42 Å². The molecule has 1 aliphatic heterocycles. The molecule has 0 aliphatic carbocycles. The molecule has 0 radical (unpaired) electrons. The third-order valence-corrected chi connectivity index (χ3v) is 8.04. The van der Waals surface area contributed by atoms with Gasteiger partial charge >= 0.3 is 11.8 Å². The zero-order valence-corrected chi connectivity index (χ0v) is 19.4. The number of carbonyl (C=O) groups excluding carboxylic acids is 2. The van der Waals surface area contributed by atoms with Crippen LogP contribution in [0, 0.1) is 20.8 Å². The summed E-state index contributed by atoms with van der Waals surface area (Å²) in [6.45, 7) is 6.26. The average molecular weight is 466 g/mol. The van der Waals surface area contributed by atoms with Crippen LogP contribution < -0.4 is 10.6 Å². The van der Waals surface area contributed by atoms with E-state index in [0.717, 1.165) is 10.4 Å². The van der Waals surface area contributed by atoms with Crippen molar-refractivity contribution in [2.75, 3.05) is 19.7 Å². The molecule has 2 N–H and O–H groups in total. The molecule has 31 heavy (non-hydrogen) atoms. The monoisotopic (exact) mass is 465 g/mol. The molecular formula is C21H27N3O5S2. The summed E-state index contributed by atoms with van der Waals surface area (Å²) in [5.74, 6) is -1.60. The number of rotatable bonds is 6. The Bertz CT molecular complexity index is 1030. The molecule has 1 aromatic heterocycles. The molecule has 0 unspecified atom stereocenters. The van der Waals surface area contributed by atoms with Crippen LogP contribution >= 0.6 is 11.3 Å². The van der Waals surface area contributed by atoms with E-state index in [2.05, 4.69) is 10.6 Å². The van der Waals surface area contributed by atoms with Gasteiger partial charge < -0.3 is 15.4 Å². The van der Waals surface area contributed by atoms with E-state index < -0.39 is 28.1 Å². The molecule has 1 aliphatic rings. The predicted octanol–water partition coefficient (Wildman–Crippen LogP) is 1.84. The van der Waals surface area contributed by atoms with Gasteiger partial charge in [0.15, 0.2) is 0 Å². The van der Waals surface area contributed by atoms with E-state index in [1.165, 1.54) is 15.6 Å². The lowest BCUT2D eigenvalue weighted by Crippen LogP contribution is -2.53. The Kier molecular flexibility index (Phi) is 7.47. The van der Waals surface area contributed by atoms with Crippen LogP contribution in [-0.4, -0.2) is 50.5 Å². The van der Waals surface area contributed by atoms with Gasteiger partial charge in [0.05, 0.1) is 24.6 Å². The summed E-state index contributed by atoms with van der Waals surface area (Å²) in [5, 5.41) is 6.93. The number of sulfonamides is 1. The molecule has 8 nitrogen and oxygen atoms in total. The normalized spacial score (nSPS) is 17.3. The Labute approximate surface area is 186 Å². The molecule has 2 amide bonds. The fourth-order valence-corrected chi connectivity index (χ4v) is 6.34. The topological polar surface area (TPSA) is 105 Å². The maximum absolute atomic E-state index is 13.4. The number of benzene rings is 1. The van der Waals surface area contributed by atoms with Gasteiger partial charge in [-0.3, -0.25) is 9.59 Å². The number of amides is 2. The third-order valence-electron chi connectivity index (χ3n) is 4.97. The molecule has 1 atom stereocenters. The van der Waals surface area contributed by atoms with Crippen LogP contribution in [0.4, 0.5) is 0 Å².